The molecule has 1 aromatic rings. The maximum absolute atomic E-state index is 12.8. The van der Waals surface area contributed by atoms with Crippen LogP contribution in [0.2, 0.25) is 0 Å². The first-order chi connectivity index (χ1) is 8.71. The highest BCUT2D eigenvalue weighted by Gasteiger charge is 2.12. The molecule has 0 saturated carbocycles. The summed E-state index contributed by atoms with van der Waals surface area (Å²) in [5.41, 5.74) is 0.909. The van der Waals surface area contributed by atoms with E-state index < -0.39 is 0 Å². The van der Waals surface area contributed by atoms with Gasteiger partial charge in [-0.2, -0.15) is 0 Å². The van der Waals surface area contributed by atoms with E-state index in [1.165, 1.54) is 18.7 Å². The minimum absolute atomic E-state index is 0.191. The van der Waals surface area contributed by atoms with Crippen molar-refractivity contribution < 1.29 is 4.39 Å². The summed E-state index contributed by atoms with van der Waals surface area (Å²) in [7, 11) is 1.92. The maximum Gasteiger partial charge on any atom is 0.141 e. The van der Waals surface area contributed by atoms with Crippen LogP contribution in [0.3, 0.4) is 0 Å². The highest BCUT2D eigenvalue weighted by molar-refractivity contribution is 5.09. The van der Waals surface area contributed by atoms with Crippen LogP contribution in [-0.2, 0) is 0 Å². The predicted molar refractivity (Wildman–Crippen MR) is 73.0 cm³/mol. The molecular weight excluding hydrogens is 229 g/mol. The zero-order valence-electron chi connectivity index (χ0n) is 11.6. The summed E-state index contributed by atoms with van der Waals surface area (Å²) in [4.78, 5) is 6.57. The van der Waals surface area contributed by atoms with Crippen molar-refractivity contribution in [1.82, 2.24) is 15.2 Å². The van der Waals surface area contributed by atoms with Crippen molar-refractivity contribution in [2.24, 2.45) is 0 Å². The van der Waals surface area contributed by atoms with Crippen LogP contribution in [0.4, 0.5) is 4.39 Å². The Labute approximate surface area is 109 Å². The van der Waals surface area contributed by atoms with Gasteiger partial charge in [-0.1, -0.05) is 13.8 Å². The Hall–Kier alpha value is -1.00. The van der Waals surface area contributed by atoms with Gasteiger partial charge in [-0.05, 0) is 51.7 Å². The zero-order valence-corrected chi connectivity index (χ0v) is 11.6. The molecule has 1 unspecified atom stereocenters. The third-order valence-electron chi connectivity index (χ3n) is 3.18. The van der Waals surface area contributed by atoms with Gasteiger partial charge in [0, 0.05) is 0 Å². The summed E-state index contributed by atoms with van der Waals surface area (Å²) in [5, 5.41) is 3.25. The molecule has 0 aliphatic rings. The standard InChI is InChI=1S/C14H24FN3/c1-4-9-18(5-2)10-8-13(16-3)14-7-6-12(15)11-17-14/h6-7,11,13,16H,4-5,8-10H2,1-3H3. The lowest BCUT2D eigenvalue weighted by molar-refractivity contribution is 0.270. The molecule has 0 amide bonds. The van der Waals surface area contributed by atoms with E-state index in [9.17, 15) is 4.39 Å². The number of aromatic nitrogens is 1. The number of nitrogens with zero attached hydrogens (tertiary/aromatic N) is 2. The van der Waals surface area contributed by atoms with Crippen LogP contribution >= 0.6 is 0 Å². The fourth-order valence-corrected chi connectivity index (χ4v) is 2.09. The van der Waals surface area contributed by atoms with Crippen LogP contribution in [0.25, 0.3) is 0 Å². The second-order valence-electron chi connectivity index (χ2n) is 4.47. The van der Waals surface area contributed by atoms with Gasteiger partial charge >= 0.3 is 0 Å². The smallest absolute Gasteiger partial charge is 0.141 e. The first kappa shape index (κ1) is 15.1. The summed E-state index contributed by atoms with van der Waals surface area (Å²) < 4.78 is 12.8. The molecule has 0 saturated heterocycles. The summed E-state index contributed by atoms with van der Waals surface area (Å²) in [5.74, 6) is -0.283. The molecule has 1 N–H and O–H groups in total. The number of hydrogen-bond acceptors (Lipinski definition) is 3. The molecule has 18 heavy (non-hydrogen) atoms. The minimum Gasteiger partial charge on any atom is -0.312 e. The lowest BCUT2D eigenvalue weighted by Crippen LogP contribution is -2.29. The second-order valence-corrected chi connectivity index (χ2v) is 4.47. The SMILES string of the molecule is CCCN(CC)CCC(NC)c1ccc(F)cn1. The number of rotatable bonds is 8. The predicted octanol–water partition coefficient (Wildman–Crippen LogP) is 2.60. The average Bonchev–Trinajstić information content (AvgIpc) is 2.40. The Morgan fingerprint density at radius 1 is 1.33 bits per heavy atom. The van der Waals surface area contributed by atoms with E-state index in [4.69, 9.17) is 0 Å². The molecule has 1 aromatic heterocycles. The molecule has 1 rings (SSSR count). The first-order valence-corrected chi connectivity index (χ1v) is 6.72. The van der Waals surface area contributed by atoms with Gasteiger partial charge in [0.2, 0.25) is 0 Å². The van der Waals surface area contributed by atoms with Gasteiger partial charge in [-0.25, -0.2) is 4.39 Å². The van der Waals surface area contributed by atoms with Gasteiger partial charge in [-0.15, -0.1) is 0 Å². The van der Waals surface area contributed by atoms with Crippen molar-refractivity contribution in [1.29, 1.82) is 0 Å². The highest BCUT2D eigenvalue weighted by Crippen LogP contribution is 2.14. The van der Waals surface area contributed by atoms with Gasteiger partial charge in [-0.3, -0.25) is 4.98 Å². The summed E-state index contributed by atoms with van der Waals surface area (Å²) >= 11 is 0. The molecule has 3 nitrogen and oxygen atoms in total. The summed E-state index contributed by atoms with van der Waals surface area (Å²) in [6, 6.07) is 3.42. The van der Waals surface area contributed by atoms with Crippen molar-refractivity contribution in [2.75, 3.05) is 26.7 Å². The molecule has 0 bridgehead atoms. The van der Waals surface area contributed by atoms with Gasteiger partial charge in [0.25, 0.3) is 0 Å². The Morgan fingerprint density at radius 3 is 2.61 bits per heavy atom. The van der Waals surface area contributed by atoms with E-state index in [1.54, 1.807) is 6.07 Å². The van der Waals surface area contributed by atoms with E-state index in [2.05, 4.69) is 29.0 Å². The van der Waals surface area contributed by atoms with Gasteiger partial charge in [0.05, 0.1) is 17.9 Å². The Bertz CT molecular complexity index is 326. The normalized spacial score (nSPS) is 12.9. The van der Waals surface area contributed by atoms with Crippen LogP contribution in [0.5, 0.6) is 0 Å². The Morgan fingerprint density at radius 2 is 2.11 bits per heavy atom. The number of pyridine rings is 1. The van der Waals surface area contributed by atoms with E-state index in [1.807, 2.05) is 7.05 Å². The molecule has 0 fully saturated rings. The van der Waals surface area contributed by atoms with Crippen LogP contribution in [0, 0.1) is 5.82 Å². The third-order valence-corrected chi connectivity index (χ3v) is 3.18. The van der Waals surface area contributed by atoms with Crippen LogP contribution in [-0.4, -0.2) is 36.6 Å². The number of nitrogens with one attached hydrogen (secondary N) is 1. The van der Waals surface area contributed by atoms with Crippen molar-refractivity contribution in [3.8, 4) is 0 Å². The maximum atomic E-state index is 12.8. The Kier molecular flexibility index (Phi) is 6.83. The fraction of sp³-hybridized carbons (Fsp3) is 0.643. The Balaban J connectivity index is 2.53. The van der Waals surface area contributed by atoms with E-state index in [0.29, 0.717) is 0 Å². The highest BCUT2D eigenvalue weighted by atomic mass is 19.1. The van der Waals surface area contributed by atoms with Crippen molar-refractivity contribution >= 4 is 0 Å². The number of halogens is 1. The summed E-state index contributed by atoms with van der Waals surface area (Å²) in [6.45, 7) is 7.61. The topological polar surface area (TPSA) is 28.2 Å². The lowest BCUT2D eigenvalue weighted by atomic mass is 10.1. The summed E-state index contributed by atoms with van der Waals surface area (Å²) in [6.07, 6.45) is 3.44. The molecule has 102 valence electrons. The lowest BCUT2D eigenvalue weighted by Gasteiger charge is -2.23. The van der Waals surface area contributed by atoms with E-state index >= 15 is 0 Å². The van der Waals surface area contributed by atoms with Gasteiger partial charge < -0.3 is 10.2 Å². The van der Waals surface area contributed by atoms with Crippen LogP contribution < -0.4 is 5.32 Å². The molecule has 0 aliphatic heterocycles. The largest absolute Gasteiger partial charge is 0.312 e. The molecule has 0 spiro atoms. The zero-order chi connectivity index (χ0) is 13.4. The molecular formula is C14H24FN3. The third kappa shape index (κ3) is 4.70. The average molecular weight is 253 g/mol. The van der Waals surface area contributed by atoms with Gasteiger partial charge in [0.15, 0.2) is 0 Å². The molecule has 1 heterocycles. The molecule has 0 aliphatic carbocycles. The monoisotopic (exact) mass is 253 g/mol. The van der Waals surface area contributed by atoms with Gasteiger partial charge in [0.1, 0.15) is 5.82 Å². The van der Waals surface area contributed by atoms with Crippen molar-refractivity contribution in [2.45, 2.75) is 32.7 Å². The fourth-order valence-electron chi connectivity index (χ4n) is 2.09. The number of hydrogen-bond donors (Lipinski definition) is 1. The second kappa shape index (κ2) is 8.16. The molecule has 4 heteroatoms. The molecule has 0 radical (unpaired) electrons. The van der Waals surface area contributed by atoms with Crippen LogP contribution in [0.1, 0.15) is 38.4 Å². The molecule has 1 atom stereocenters. The first-order valence-electron chi connectivity index (χ1n) is 6.72. The quantitative estimate of drug-likeness (QED) is 0.772. The van der Waals surface area contributed by atoms with E-state index in [-0.39, 0.29) is 11.9 Å². The van der Waals surface area contributed by atoms with Crippen molar-refractivity contribution in [3.63, 3.8) is 0 Å². The van der Waals surface area contributed by atoms with Crippen molar-refractivity contribution in [3.05, 3.63) is 29.8 Å². The minimum atomic E-state index is -0.283. The van der Waals surface area contributed by atoms with Crippen LogP contribution in [0.15, 0.2) is 18.3 Å². The molecule has 0 aromatic carbocycles. The van der Waals surface area contributed by atoms with E-state index in [0.717, 1.165) is 31.7 Å².